The van der Waals surface area contributed by atoms with E-state index in [4.69, 9.17) is 0 Å². The van der Waals surface area contributed by atoms with E-state index >= 15 is 0 Å². The van der Waals surface area contributed by atoms with E-state index in [1.807, 2.05) is 12.1 Å². The molecular weight excluding hydrogens is 218 g/mol. The quantitative estimate of drug-likeness (QED) is 0.844. The highest BCUT2D eigenvalue weighted by Gasteiger charge is 2.13. The first-order valence-corrected chi connectivity index (χ1v) is 4.59. The first-order valence-electron chi connectivity index (χ1n) is 3.80. The number of rotatable bonds is 2. The number of hydrogen-bond acceptors (Lipinski definition) is 2. The summed E-state index contributed by atoms with van der Waals surface area (Å²) in [6, 6.07) is 3.78. The first kappa shape index (κ1) is 9.68. The number of aliphatic hydroxyl groups is 1. The lowest BCUT2D eigenvalue weighted by Crippen LogP contribution is -2.22. The predicted octanol–water partition coefficient (Wildman–Crippen LogP) is 2.16. The molecule has 0 saturated carbocycles. The van der Waals surface area contributed by atoms with E-state index in [-0.39, 0.29) is 0 Å². The van der Waals surface area contributed by atoms with Gasteiger partial charge in [0.2, 0.25) is 0 Å². The summed E-state index contributed by atoms with van der Waals surface area (Å²) in [5, 5.41) is 9.51. The van der Waals surface area contributed by atoms with Gasteiger partial charge in [0.1, 0.15) is 0 Å². The molecule has 66 valence electrons. The van der Waals surface area contributed by atoms with Crippen molar-refractivity contribution in [3.05, 3.63) is 28.5 Å². The van der Waals surface area contributed by atoms with Crippen LogP contribution in [0.1, 0.15) is 19.5 Å². The minimum atomic E-state index is -0.687. The first-order chi connectivity index (χ1) is 5.47. The highest BCUT2D eigenvalue weighted by molar-refractivity contribution is 9.10. The molecule has 2 nitrogen and oxygen atoms in total. The maximum Gasteiger partial charge on any atom is 0.0647 e. The van der Waals surface area contributed by atoms with Crippen molar-refractivity contribution in [1.29, 1.82) is 0 Å². The number of halogens is 1. The van der Waals surface area contributed by atoms with Crippen LogP contribution in [0.3, 0.4) is 0 Å². The van der Waals surface area contributed by atoms with Gasteiger partial charge in [-0.3, -0.25) is 4.98 Å². The second-order valence-corrected chi connectivity index (χ2v) is 4.37. The van der Waals surface area contributed by atoms with Gasteiger partial charge in [-0.1, -0.05) is 15.9 Å². The standard InChI is InChI=1S/C9H12BrNO/c1-9(2,12)6-8-5-7(10)3-4-11-8/h3-5,12H,6H2,1-2H3. The molecule has 0 aliphatic heterocycles. The molecular formula is C9H12BrNO. The average Bonchev–Trinajstić information content (AvgIpc) is 1.82. The van der Waals surface area contributed by atoms with Gasteiger partial charge in [-0.2, -0.15) is 0 Å². The zero-order valence-electron chi connectivity index (χ0n) is 7.21. The fraction of sp³-hybridized carbons (Fsp3) is 0.444. The minimum absolute atomic E-state index is 0.576. The lowest BCUT2D eigenvalue weighted by molar-refractivity contribution is 0.0799. The van der Waals surface area contributed by atoms with Crippen molar-refractivity contribution in [2.75, 3.05) is 0 Å². The molecule has 1 heterocycles. The zero-order chi connectivity index (χ0) is 9.19. The number of hydrogen-bond donors (Lipinski definition) is 1. The van der Waals surface area contributed by atoms with Crippen molar-refractivity contribution < 1.29 is 5.11 Å². The summed E-state index contributed by atoms with van der Waals surface area (Å²) in [5.41, 5.74) is 0.213. The van der Waals surface area contributed by atoms with Gasteiger partial charge in [0.15, 0.2) is 0 Å². The topological polar surface area (TPSA) is 33.1 Å². The van der Waals surface area contributed by atoms with Crippen molar-refractivity contribution >= 4 is 15.9 Å². The van der Waals surface area contributed by atoms with Gasteiger partial charge in [0, 0.05) is 22.8 Å². The third-order valence-electron chi connectivity index (χ3n) is 1.39. The maximum atomic E-state index is 9.51. The van der Waals surface area contributed by atoms with Gasteiger partial charge in [-0.05, 0) is 26.0 Å². The largest absolute Gasteiger partial charge is 0.390 e. The van der Waals surface area contributed by atoms with Crippen molar-refractivity contribution in [2.45, 2.75) is 25.9 Å². The molecule has 0 amide bonds. The summed E-state index contributed by atoms with van der Waals surface area (Å²) in [4.78, 5) is 4.13. The molecule has 0 radical (unpaired) electrons. The predicted molar refractivity (Wildman–Crippen MR) is 51.9 cm³/mol. The molecule has 1 aromatic rings. The van der Waals surface area contributed by atoms with Crippen molar-refractivity contribution in [2.24, 2.45) is 0 Å². The van der Waals surface area contributed by atoms with Gasteiger partial charge >= 0.3 is 0 Å². The van der Waals surface area contributed by atoms with Crippen LogP contribution >= 0.6 is 15.9 Å². The maximum absolute atomic E-state index is 9.51. The van der Waals surface area contributed by atoms with Gasteiger partial charge in [-0.25, -0.2) is 0 Å². The van der Waals surface area contributed by atoms with E-state index in [9.17, 15) is 5.11 Å². The molecule has 0 bridgehead atoms. The third kappa shape index (κ3) is 3.32. The van der Waals surface area contributed by atoms with Crippen LogP contribution in [0.15, 0.2) is 22.8 Å². The molecule has 0 unspecified atom stereocenters. The van der Waals surface area contributed by atoms with E-state index in [0.29, 0.717) is 6.42 Å². The van der Waals surface area contributed by atoms with Crippen LogP contribution in [0.5, 0.6) is 0 Å². The van der Waals surface area contributed by atoms with Gasteiger partial charge in [0.25, 0.3) is 0 Å². The smallest absolute Gasteiger partial charge is 0.0647 e. The average molecular weight is 230 g/mol. The minimum Gasteiger partial charge on any atom is -0.390 e. The van der Waals surface area contributed by atoms with Crippen LogP contribution in [0.25, 0.3) is 0 Å². The van der Waals surface area contributed by atoms with E-state index in [1.165, 1.54) is 0 Å². The third-order valence-corrected chi connectivity index (χ3v) is 1.89. The molecule has 0 fully saturated rings. The fourth-order valence-corrected chi connectivity index (χ4v) is 1.37. The molecule has 0 spiro atoms. The van der Waals surface area contributed by atoms with E-state index in [2.05, 4.69) is 20.9 Å². The Morgan fingerprint density at radius 1 is 1.58 bits per heavy atom. The zero-order valence-corrected chi connectivity index (χ0v) is 8.80. The van der Waals surface area contributed by atoms with E-state index in [0.717, 1.165) is 10.2 Å². The Kier molecular flexibility index (Phi) is 2.85. The molecule has 1 rings (SSSR count). The molecule has 3 heteroatoms. The Bertz CT molecular complexity index is 267. The van der Waals surface area contributed by atoms with Crippen molar-refractivity contribution in [3.63, 3.8) is 0 Å². The molecule has 0 aliphatic rings. The summed E-state index contributed by atoms with van der Waals surface area (Å²) < 4.78 is 0.997. The van der Waals surface area contributed by atoms with E-state index < -0.39 is 5.60 Å². The molecule has 1 aromatic heterocycles. The second-order valence-electron chi connectivity index (χ2n) is 3.45. The number of aromatic nitrogens is 1. The van der Waals surface area contributed by atoms with Gasteiger partial charge in [0.05, 0.1) is 5.60 Å². The van der Waals surface area contributed by atoms with Crippen molar-refractivity contribution in [3.8, 4) is 0 Å². The highest BCUT2D eigenvalue weighted by atomic mass is 79.9. The number of nitrogens with zero attached hydrogens (tertiary/aromatic N) is 1. The van der Waals surface area contributed by atoms with E-state index in [1.54, 1.807) is 20.0 Å². The summed E-state index contributed by atoms with van der Waals surface area (Å²) in [5.74, 6) is 0. The van der Waals surface area contributed by atoms with Crippen LogP contribution in [-0.2, 0) is 6.42 Å². The summed E-state index contributed by atoms with van der Waals surface area (Å²) >= 11 is 3.35. The van der Waals surface area contributed by atoms with Gasteiger partial charge in [-0.15, -0.1) is 0 Å². The van der Waals surface area contributed by atoms with Crippen LogP contribution in [0.4, 0.5) is 0 Å². The Morgan fingerprint density at radius 3 is 2.75 bits per heavy atom. The lowest BCUT2D eigenvalue weighted by atomic mass is 10.0. The van der Waals surface area contributed by atoms with Crippen LogP contribution < -0.4 is 0 Å². The van der Waals surface area contributed by atoms with Crippen LogP contribution in [0, 0.1) is 0 Å². The highest BCUT2D eigenvalue weighted by Crippen LogP contribution is 2.14. The molecule has 0 aliphatic carbocycles. The number of pyridine rings is 1. The summed E-state index contributed by atoms with van der Waals surface area (Å²) in [6.07, 6.45) is 2.30. The molecule has 0 aromatic carbocycles. The van der Waals surface area contributed by atoms with Crippen LogP contribution in [-0.4, -0.2) is 15.7 Å². The van der Waals surface area contributed by atoms with Gasteiger partial charge < -0.3 is 5.11 Å². The van der Waals surface area contributed by atoms with Crippen molar-refractivity contribution in [1.82, 2.24) is 4.98 Å². The van der Waals surface area contributed by atoms with Crippen LogP contribution in [0.2, 0.25) is 0 Å². The normalized spacial score (nSPS) is 11.7. The fourth-order valence-electron chi connectivity index (χ4n) is 0.989. The monoisotopic (exact) mass is 229 g/mol. The molecule has 1 N–H and O–H groups in total. The molecule has 12 heavy (non-hydrogen) atoms. The SMILES string of the molecule is CC(C)(O)Cc1cc(Br)ccn1. The summed E-state index contributed by atoms with van der Waals surface area (Å²) in [6.45, 7) is 3.55. The molecule has 0 atom stereocenters. The Balaban J connectivity index is 2.77. The summed E-state index contributed by atoms with van der Waals surface area (Å²) in [7, 11) is 0. The Hall–Kier alpha value is -0.410. The second kappa shape index (κ2) is 3.54. The Morgan fingerprint density at radius 2 is 2.25 bits per heavy atom. The lowest BCUT2D eigenvalue weighted by Gasteiger charge is -2.15. The Labute approximate surface area is 80.8 Å². The molecule has 0 saturated heterocycles.